The smallest absolute Gasteiger partial charge is 0.153 e. The second kappa shape index (κ2) is 6.28. The number of ether oxygens (including phenoxy) is 1. The van der Waals surface area contributed by atoms with Crippen LogP contribution in [0.3, 0.4) is 0 Å². The summed E-state index contributed by atoms with van der Waals surface area (Å²) < 4.78 is 5.36. The van der Waals surface area contributed by atoms with Gasteiger partial charge in [-0.05, 0) is 31.7 Å². The van der Waals surface area contributed by atoms with E-state index in [0.717, 1.165) is 11.3 Å². The van der Waals surface area contributed by atoms with E-state index in [1.165, 1.54) is 0 Å². The van der Waals surface area contributed by atoms with Gasteiger partial charge in [-0.1, -0.05) is 19.1 Å². The average molecular weight is 221 g/mol. The summed E-state index contributed by atoms with van der Waals surface area (Å²) in [5.41, 5.74) is 0.984. The minimum absolute atomic E-state index is 0.201. The van der Waals surface area contributed by atoms with Crippen molar-refractivity contribution in [2.45, 2.75) is 26.3 Å². The topological polar surface area (TPSA) is 38.3 Å². The van der Waals surface area contributed by atoms with Crippen LogP contribution in [0.1, 0.15) is 31.9 Å². The van der Waals surface area contributed by atoms with Gasteiger partial charge in [-0.2, -0.15) is 0 Å². The fourth-order valence-electron chi connectivity index (χ4n) is 1.64. The maximum Gasteiger partial charge on any atom is 0.153 e. The molecule has 1 unspecified atom stereocenters. The molecule has 1 aromatic rings. The number of nitrogens with one attached hydrogen (secondary N) is 1. The zero-order chi connectivity index (χ0) is 12.0. The van der Waals surface area contributed by atoms with E-state index in [1.54, 1.807) is 7.05 Å². The van der Waals surface area contributed by atoms with Crippen molar-refractivity contribution >= 4 is 5.78 Å². The third-order valence-corrected chi connectivity index (χ3v) is 2.48. The second-order valence-electron chi connectivity index (χ2n) is 3.54. The Labute approximate surface area is 96.8 Å². The molecule has 0 heterocycles. The van der Waals surface area contributed by atoms with Crippen LogP contribution in [0.4, 0.5) is 0 Å². The van der Waals surface area contributed by atoms with E-state index in [0.29, 0.717) is 13.0 Å². The number of likely N-dealkylation sites (N-methyl/N-ethyl adjacent to an activating group) is 1. The molecule has 0 aliphatic carbocycles. The van der Waals surface area contributed by atoms with E-state index in [1.807, 2.05) is 38.1 Å². The quantitative estimate of drug-likeness (QED) is 0.801. The van der Waals surface area contributed by atoms with Crippen LogP contribution < -0.4 is 10.1 Å². The van der Waals surface area contributed by atoms with E-state index < -0.39 is 0 Å². The summed E-state index contributed by atoms with van der Waals surface area (Å²) >= 11 is 0. The van der Waals surface area contributed by atoms with Crippen LogP contribution >= 0.6 is 0 Å². The van der Waals surface area contributed by atoms with Crippen LogP contribution in [0.2, 0.25) is 0 Å². The highest BCUT2D eigenvalue weighted by atomic mass is 16.5. The fraction of sp³-hybridized carbons (Fsp3) is 0.462. The van der Waals surface area contributed by atoms with Crippen LogP contribution in [0.5, 0.6) is 5.75 Å². The number of rotatable bonds is 6. The maximum absolute atomic E-state index is 11.7. The number of hydrogen-bond donors (Lipinski definition) is 1. The number of Topliss-reactive ketones (excluding diaryl/α,β-unsaturated/α-hetero) is 1. The monoisotopic (exact) mass is 221 g/mol. The third kappa shape index (κ3) is 3.07. The fourth-order valence-corrected chi connectivity index (χ4v) is 1.64. The largest absolute Gasteiger partial charge is 0.494 e. The van der Waals surface area contributed by atoms with Gasteiger partial charge < -0.3 is 10.1 Å². The summed E-state index contributed by atoms with van der Waals surface area (Å²) in [6.45, 7) is 4.48. The molecule has 0 amide bonds. The molecule has 0 aromatic heterocycles. The second-order valence-corrected chi connectivity index (χ2v) is 3.54. The summed E-state index contributed by atoms with van der Waals surface area (Å²) in [7, 11) is 1.80. The van der Waals surface area contributed by atoms with Gasteiger partial charge in [0, 0.05) is 6.42 Å². The van der Waals surface area contributed by atoms with Crippen molar-refractivity contribution in [2.75, 3.05) is 13.7 Å². The van der Waals surface area contributed by atoms with E-state index in [-0.39, 0.29) is 11.8 Å². The summed E-state index contributed by atoms with van der Waals surface area (Å²) in [4.78, 5) is 11.7. The molecule has 0 saturated heterocycles. The maximum atomic E-state index is 11.7. The zero-order valence-electron chi connectivity index (χ0n) is 10.1. The first-order valence-corrected chi connectivity index (χ1v) is 5.65. The standard InChI is InChI=1S/C13H19NO2/c1-4-12(15)13(14-3)10-6-8-11(9-7-10)16-5-2/h6-9,13-14H,4-5H2,1-3H3. The molecular formula is C13H19NO2. The Kier molecular flexibility index (Phi) is 4.99. The highest BCUT2D eigenvalue weighted by Crippen LogP contribution is 2.19. The number of carbonyl (C=O) groups excluding carboxylic acids is 1. The van der Waals surface area contributed by atoms with Gasteiger partial charge in [-0.15, -0.1) is 0 Å². The Morgan fingerprint density at radius 3 is 2.38 bits per heavy atom. The van der Waals surface area contributed by atoms with Gasteiger partial charge in [0.25, 0.3) is 0 Å². The van der Waals surface area contributed by atoms with Crippen molar-refractivity contribution < 1.29 is 9.53 Å². The highest BCUT2D eigenvalue weighted by Gasteiger charge is 2.16. The molecule has 3 nitrogen and oxygen atoms in total. The lowest BCUT2D eigenvalue weighted by molar-refractivity contribution is -0.120. The van der Waals surface area contributed by atoms with Gasteiger partial charge in [0.05, 0.1) is 12.6 Å². The Balaban J connectivity index is 2.82. The average Bonchev–Trinajstić information content (AvgIpc) is 2.32. The lowest BCUT2D eigenvalue weighted by Gasteiger charge is -2.14. The predicted molar refractivity (Wildman–Crippen MR) is 64.7 cm³/mol. The summed E-state index contributed by atoms with van der Waals surface area (Å²) in [5.74, 6) is 1.04. The third-order valence-electron chi connectivity index (χ3n) is 2.48. The molecule has 88 valence electrons. The summed E-state index contributed by atoms with van der Waals surface area (Å²) in [5, 5.41) is 3.03. The molecule has 0 aliphatic heterocycles. The molecule has 1 aromatic carbocycles. The molecule has 1 N–H and O–H groups in total. The molecule has 1 rings (SSSR count). The molecule has 3 heteroatoms. The summed E-state index contributed by atoms with van der Waals surface area (Å²) in [6, 6.07) is 7.44. The van der Waals surface area contributed by atoms with E-state index in [2.05, 4.69) is 5.32 Å². The number of benzene rings is 1. The van der Waals surface area contributed by atoms with Gasteiger partial charge in [0.1, 0.15) is 5.75 Å². The molecule has 0 spiro atoms. The van der Waals surface area contributed by atoms with Crippen LogP contribution in [0.15, 0.2) is 24.3 Å². The molecule has 0 bridgehead atoms. The first kappa shape index (κ1) is 12.7. The van der Waals surface area contributed by atoms with Gasteiger partial charge in [-0.3, -0.25) is 4.79 Å². The number of ketones is 1. The molecule has 0 saturated carbocycles. The van der Waals surface area contributed by atoms with E-state index >= 15 is 0 Å². The Bertz CT molecular complexity index is 332. The minimum Gasteiger partial charge on any atom is -0.494 e. The SMILES string of the molecule is CCOc1ccc(C(NC)C(=O)CC)cc1. The predicted octanol–water partition coefficient (Wildman–Crippen LogP) is 2.32. The van der Waals surface area contributed by atoms with Crippen LogP contribution in [0.25, 0.3) is 0 Å². The van der Waals surface area contributed by atoms with Crippen molar-refractivity contribution in [3.8, 4) is 5.75 Å². The van der Waals surface area contributed by atoms with Crippen molar-refractivity contribution in [3.63, 3.8) is 0 Å². The molecule has 0 fully saturated rings. The van der Waals surface area contributed by atoms with Gasteiger partial charge in [-0.25, -0.2) is 0 Å². The molecule has 0 aliphatic rings. The number of hydrogen-bond acceptors (Lipinski definition) is 3. The van der Waals surface area contributed by atoms with Gasteiger partial charge in [0.15, 0.2) is 5.78 Å². The van der Waals surface area contributed by atoms with Gasteiger partial charge >= 0.3 is 0 Å². The zero-order valence-corrected chi connectivity index (χ0v) is 10.1. The molecule has 16 heavy (non-hydrogen) atoms. The summed E-state index contributed by atoms with van der Waals surface area (Å²) in [6.07, 6.45) is 0.540. The molecule has 1 atom stereocenters. The normalized spacial score (nSPS) is 12.2. The first-order chi connectivity index (χ1) is 7.72. The van der Waals surface area contributed by atoms with Crippen LogP contribution in [0, 0.1) is 0 Å². The minimum atomic E-state index is -0.208. The van der Waals surface area contributed by atoms with Crippen molar-refractivity contribution in [3.05, 3.63) is 29.8 Å². The molecule has 0 radical (unpaired) electrons. The van der Waals surface area contributed by atoms with Crippen molar-refractivity contribution in [1.82, 2.24) is 5.32 Å². The first-order valence-electron chi connectivity index (χ1n) is 5.65. The highest BCUT2D eigenvalue weighted by molar-refractivity contribution is 5.85. The Hall–Kier alpha value is -1.35. The van der Waals surface area contributed by atoms with Crippen LogP contribution in [-0.2, 0) is 4.79 Å². The van der Waals surface area contributed by atoms with Gasteiger partial charge in [0.2, 0.25) is 0 Å². The molecular weight excluding hydrogens is 202 g/mol. The Morgan fingerprint density at radius 2 is 1.94 bits per heavy atom. The lowest BCUT2D eigenvalue weighted by Crippen LogP contribution is -2.24. The van der Waals surface area contributed by atoms with Crippen LogP contribution in [-0.4, -0.2) is 19.4 Å². The number of carbonyl (C=O) groups is 1. The van der Waals surface area contributed by atoms with Crippen molar-refractivity contribution in [2.24, 2.45) is 0 Å². The van der Waals surface area contributed by atoms with E-state index in [4.69, 9.17) is 4.74 Å². The van der Waals surface area contributed by atoms with E-state index in [9.17, 15) is 4.79 Å². The Morgan fingerprint density at radius 1 is 1.31 bits per heavy atom. The van der Waals surface area contributed by atoms with Crippen molar-refractivity contribution in [1.29, 1.82) is 0 Å². The lowest BCUT2D eigenvalue weighted by atomic mass is 10.0.